The van der Waals surface area contributed by atoms with Crippen LogP contribution in [0.5, 0.6) is 0 Å². The predicted octanol–water partition coefficient (Wildman–Crippen LogP) is 2.07. The van der Waals surface area contributed by atoms with Crippen molar-refractivity contribution in [2.24, 2.45) is 0 Å². The molecule has 0 aliphatic heterocycles. The van der Waals surface area contributed by atoms with Gasteiger partial charge in [0.2, 0.25) is 0 Å². The second-order valence-corrected chi connectivity index (χ2v) is 3.33. The van der Waals surface area contributed by atoms with Crippen molar-refractivity contribution < 1.29 is 0 Å². The average Bonchev–Trinajstić information content (AvgIpc) is 2.65. The third-order valence-corrected chi connectivity index (χ3v) is 2.35. The van der Waals surface area contributed by atoms with Crippen molar-refractivity contribution in [2.75, 3.05) is 5.73 Å². The van der Waals surface area contributed by atoms with Crippen LogP contribution in [0.15, 0.2) is 42.9 Å². The largest absolute Gasteiger partial charge is 0.382 e. The van der Waals surface area contributed by atoms with E-state index in [9.17, 15) is 0 Å². The molecule has 1 heterocycles. The molecule has 0 saturated heterocycles. The van der Waals surface area contributed by atoms with Gasteiger partial charge < -0.3 is 10.3 Å². The van der Waals surface area contributed by atoms with Crippen LogP contribution in [0.2, 0.25) is 0 Å². The lowest BCUT2D eigenvalue weighted by molar-refractivity contribution is 0.639. The summed E-state index contributed by atoms with van der Waals surface area (Å²) in [6, 6.07) is 10.6. The Morgan fingerprint density at radius 1 is 1.29 bits per heavy atom. The van der Waals surface area contributed by atoms with Crippen LogP contribution in [-0.2, 0) is 0 Å². The molecule has 72 valence electrons. The molecule has 0 radical (unpaired) electrons. The summed E-state index contributed by atoms with van der Waals surface area (Å²) in [7, 11) is 0. The SMILES string of the molecule is CC(c1ccccc1)n1cnc(N)c1. The number of imidazole rings is 1. The number of hydrogen-bond donors (Lipinski definition) is 1. The molecular formula is C11H13N3. The molecule has 2 N–H and O–H groups in total. The van der Waals surface area contributed by atoms with Crippen molar-refractivity contribution in [3.63, 3.8) is 0 Å². The molecule has 0 bridgehead atoms. The Bertz CT molecular complexity index is 405. The Balaban J connectivity index is 2.29. The van der Waals surface area contributed by atoms with Gasteiger partial charge in [0.25, 0.3) is 0 Å². The first-order valence-electron chi connectivity index (χ1n) is 4.61. The van der Waals surface area contributed by atoms with E-state index in [1.165, 1.54) is 5.56 Å². The standard InChI is InChI=1S/C11H13N3/c1-9(10-5-3-2-4-6-10)14-7-11(12)13-8-14/h2-9H,12H2,1H3. The number of anilines is 1. The lowest BCUT2D eigenvalue weighted by Crippen LogP contribution is -2.03. The van der Waals surface area contributed by atoms with Crippen molar-refractivity contribution in [1.29, 1.82) is 0 Å². The van der Waals surface area contributed by atoms with Crippen LogP contribution in [0, 0.1) is 0 Å². The Labute approximate surface area is 83.2 Å². The van der Waals surface area contributed by atoms with Crippen LogP contribution in [0.3, 0.4) is 0 Å². The van der Waals surface area contributed by atoms with E-state index < -0.39 is 0 Å². The normalized spacial score (nSPS) is 12.6. The molecule has 3 heteroatoms. The van der Waals surface area contributed by atoms with Crippen molar-refractivity contribution in [3.05, 3.63) is 48.4 Å². The Kier molecular flexibility index (Phi) is 2.23. The minimum Gasteiger partial charge on any atom is -0.382 e. The lowest BCUT2D eigenvalue weighted by atomic mass is 10.1. The van der Waals surface area contributed by atoms with E-state index >= 15 is 0 Å². The molecule has 1 aromatic heterocycles. The zero-order valence-electron chi connectivity index (χ0n) is 8.09. The summed E-state index contributed by atoms with van der Waals surface area (Å²) in [6.07, 6.45) is 3.60. The van der Waals surface area contributed by atoms with E-state index in [1.54, 1.807) is 6.33 Å². The smallest absolute Gasteiger partial charge is 0.141 e. The zero-order valence-corrected chi connectivity index (χ0v) is 8.09. The number of rotatable bonds is 2. The van der Waals surface area contributed by atoms with E-state index in [1.807, 2.05) is 29.0 Å². The molecule has 0 fully saturated rings. The van der Waals surface area contributed by atoms with Gasteiger partial charge in [0.05, 0.1) is 12.4 Å². The van der Waals surface area contributed by atoms with Gasteiger partial charge in [-0.05, 0) is 12.5 Å². The van der Waals surface area contributed by atoms with Crippen LogP contribution in [0.1, 0.15) is 18.5 Å². The molecule has 1 unspecified atom stereocenters. The lowest BCUT2D eigenvalue weighted by Gasteiger charge is -2.12. The van der Waals surface area contributed by atoms with Crippen LogP contribution >= 0.6 is 0 Å². The number of hydrogen-bond acceptors (Lipinski definition) is 2. The summed E-state index contributed by atoms with van der Waals surface area (Å²) in [5, 5.41) is 0. The quantitative estimate of drug-likeness (QED) is 0.782. The second kappa shape index (κ2) is 3.54. The summed E-state index contributed by atoms with van der Waals surface area (Å²) in [5.74, 6) is 0.563. The Morgan fingerprint density at radius 3 is 2.57 bits per heavy atom. The fourth-order valence-corrected chi connectivity index (χ4v) is 1.47. The average molecular weight is 187 g/mol. The molecule has 3 nitrogen and oxygen atoms in total. The summed E-state index contributed by atoms with van der Waals surface area (Å²) >= 11 is 0. The molecule has 0 amide bonds. The van der Waals surface area contributed by atoms with Gasteiger partial charge in [0.15, 0.2) is 0 Å². The highest BCUT2D eigenvalue weighted by molar-refractivity contribution is 5.25. The first kappa shape index (κ1) is 8.81. The van der Waals surface area contributed by atoms with Gasteiger partial charge in [0, 0.05) is 6.20 Å². The topological polar surface area (TPSA) is 43.8 Å². The maximum Gasteiger partial charge on any atom is 0.141 e. The summed E-state index contributed by atoms with van der Waals surface area (Å²) in [6.45, 7) is 2.12. The number of nitrogens with zero attached hydrogens (tertiary/aromatic N) is 2. The van der Waals surface area contributed by atoms with E-state index in [0.717, 1.165) is 0 Å². The van der Waals surface area contributed by atoms with Gasteiger partial charge in [-0.15, -0.1) is 0 Å². The van der Waals surface area contributed by atoms with E-state index in [-0.39, 0.29) is 6.04 Å². The summed E-state index contributed by atoms with van der Waals surface area (Å²) < 4.78 is 2.00. The maximum absolute atomic E-state index is 5.56. The minimum absolute atomic E-state index is 0.279. The number of benzene rings is 1. The highest BCUT2D eigenvalue weighted by atomic mass is 15.1. The summed E-state index contributed by atoms with van der Waals surface area (Å²) in [4.78, 5) is 4.00. The van der Waals surface area contributed by atoms with Gasteiger partial charge in [-0.3, -0.25) is 0 Å². The molecule has 0 spiro atoms. The molecule has 2 rings (SSSR count). The fourth-order valence-electron chi connectivity index (χ4n) is 1.47. The number of nitrogens with two attached hydrogens (primary N) is 1. The molecule has 2 aromatic rings. The molecule has 0 aliphatic carbocycles. The van der Waals surface area contributed by atoms with Crippen LogP contribution < -0.4 is 5.73 Å². The number of nitrogen functional groups attached to an aromatic ring is 1. The highest BCUT2D eigenvalue weighted by Crippen LogP contribution is 2.17. The molecular weight excluding hydrogens is 174 g/mol. The van der Waals surface area contributed by atoms with Gasteiger partial charge >= 0.3 is 0 Å². The Hall–Kier alpha value is -1.77. The van der Waals surface area contributed by atoms with Crippen molar-refractivity contribution in [3.8, 4) is 0 Å². The molecule has 1 atom stereocenters. The van der Waals surface area contributed by atoms with Crippen LogP contribution in [0.4, 0.5) is 5.82 Å². The maximum atomic E-state index is 5.56. The second-order valence-electron chi connectivity index (χ2n) is 3.33. The van der Waals surface area contributed by atoms with E-state index in [0.29, 0.717) is 5.82 Å². The first-order valence-corrected chi connectivity index (χ1v) is 4.61. The molecule has 0 saturated carbocycles. The molecule has 1 aromatic carbocycles. The summed E-state index contributed by atoms with van der Waals surface area (Å²) in [5.41, 5.74) is 6.82. The number of aromatic nitrogens is 2. The predicted molar refractivity (Wildman–Crippen MR) is 56.9 cm³/mol. The molecule has 0 aliphatic rings. The minimum atomic E-state index is 0.279. The van der Waals surface area contributed by atoms with Crippen molar-refractivity contribution >= 4 is 5.82 Å². The van der Waals surface area contributed by atoms with Gasteiger partial charge in [-0.1, -0.05) is 30.3 Å². The van der Waals surface area contributed by atoms with Gasteiger partial charge in [-0.25, -0.2) is 4.98 Å². The molecule has 14 heavy (non-hydrogen) atoms. The van der Waals surface area contributed by atoms with Crippen LogP contribution in [0.25, 0.3) is 0 Å². The van der Waals surface area contributed by atoms with Crippen molar-refractivity contribution in [1.82, 2.24) is 9.55 Å². The third kappa shape index (κ3) is 1.62. The van der Waals surface area contributed by atoms with Gasteiger partial charge in [0.1, 0.15) is 5.82 Å². The van der Waals surface area contributed by atoms with Crippen LogP contribution in [-0.4, -0.2) is 9.55 Å². The van der Waals surface area contributed by atoms with Crippen molar-refractivity contribution in [2.45, 2.75) is 13.0 Å². The van der Waals surface area contributed by atoms with E-state index in [4.69, 9.17) is 5.73 Å². The highest BCUT2D eigenvalue weighted by Gasteiger charge is 2.06. The first-order chi connectivity index (χ1) is 6.77. The van der Waals surface area contributed by atoms with E-state index in [2.05, 4.69) is 24.0 Å². The third-order valence-electron chi connectivity index (χ3n) is 2.35. The zero-order chi connectivity index (χ0) is 9.97. The Morgan fingerprint density at radius 2 is 2.00 bits per heavy atom. The monoisotopic (exact) mass is 187 g/mol. The van der Waals surface area contributed by atoms with Gasteiger partial charge in [-0.2, -0.15) is 0 Å². The fraction of sp³-hybridized carbons (Fsp3) is 0.182.